The molecule has 3 nitrogen and oxygen atoms in total. The molecule has 0 aliphatic rings. The molecular formula is C9H15N3. The molecule has 0 unspecified atom stereocenters. The molecule has 0 aliphatic carbocycles. The summed E-state index contributed by atoms with van der Waals surface area (Å²) >= 11 is 0. The summed E-state index contributed by atoms with van der Waals surface area (Å²) in [6, 6.07) is 0. The Bertz CT molecular complexity index is 240. The van der Waals surface area contributed by atoms with E-state index < -0.39 is 0 Å². The summed E-state index contributed by atoms with van der Waals surface area (Å²) in [6.45, 7) is 8.36. The van der Waals surface area contributed by atoms with E-state index in [2.05, 4.69) is 28.4 Å². The van der Waals surface area contributed by atoms with Crippen LogP contribution in [-0.4, -0.2) is 16.1 Å². The lowest BCUT2D eigenvalue weighted by atomic mass is 10.5. The molecule has 1 heterocycles. The van der Waals surface area contributed by atoms with Crippen LogP contribution >= 0.6 is 0 Å². The van der Waals surface area contributed by atoms with E-state index in [-0.39, 0.29) is 0 Å². The number of hydrogen-bond acceptors (Lipinski definition) is 2. The summed E-state index contributed by atoms with van der Waals surface area (Å²) in [7, 11) is 0. The Morgan fingerprint density at radius 1 is 1.75 bits per heavy atom. The zero-order chi connectivity index (χ0) is 8.81. The number of rotatable bonds is 5. The number of hydrogen-bond donors (Lipinski definition) is 1. The van der Waals surface area contributed by atoms with E-state index in [9.17, 15) is 0 Å². The van der Waals surface area contributed by atoms with Gasteiger partial charge in [-0.05, 0) is 6.92 Å². The van der Waals surface area contributed by atoms with Crippen LogP contribution in [0.15, 0.2) is 25.0 Å². The third kappa shape index (κ3) is 2.20. The van der Waals surface area contributed by atoms with Gasteiger partial charge in [0.05, 0.1) is 6.54 Å². The fraction of sp³-hybridized carbons (Fsp3) is 0.444. The Labute approximate surface area is 73.1 Å². The van der Waals surface area contributed by atoms with Crippen molar-refractivity contribution < 1.29 is 0 Å². The summed E-state index contributed by atoms with van der Waals surface area (Å²) in [5.74, 6) is 1.08. The number of nitrogens with one attached hydrogen (secondary N) is 1. The molecule has 12 heavy (non-hydrogen) atoms. The van der Waals surface area contributed by atoms with Gasteiger partial charge in [-0.2, -0.15) is 0 Å². The average Bonchev–Trinajstić information content (AvgIpc) is 2.52. The summed E-state index contributed by atoms with van der Waals surface area (Å²) in [6.07, 6.45) is 5.67. The SMILES string of the molecule is C=CCNCc1nccn1CC. The number of imidazole rings is 1. The summed E-state index contributed by atoms with van der Waals surface area (Å²) in [5.41, 5.74) is 0. The first-order chi connectivity index (χ1) is 5.88. The highest BCUT2D eigenvalue weighted by Crippen LogP contribution is 1.95. The molecule has 0 aromatic carbocycles. The highest BCUT2D eigenvalue weighted by molar-refractivity contribution is 4.91. The zero-order valence-electron chi connectivity index (χ0n) is 7.45. The minimum atomic E-state index is 0.812. The molecule has 1 aromatic heterocycles. The molecule has 0 saturated carbocycles. The summed E-state index contributed by atoms with van der Waals surface area (Å²) in [5, 5.41) is 3.21. The number of nitrogens with zero attached hydrogens (tertiary/aromatic N) is 2. The number of aromatic nitrogens is 2. The molecule has 1 rings (SSSR count). The monoisotopic (exact) mass is 165 g/mol. The van der Waals surface area contributed by atoms with Gasteiger partial charge in [-0.3, -0.25) is 0 Å². The lowest BCUT2D eigenvalue weighted by Gasteiger charge is -2.04. The Balaban J connectivity index is 2.44. The molecular weight excluding hydrogens is 150 g/mol. The maximum atomic E-state index is 4.22. The summed E-state index contributed by atoms with van der Waals surface area (Å²) < 4.78 is 2.12. The van der Waals surface area contributed by atoms with Crippen molar-refractivity contribution in [2.24, 2.45) is 0 Å². The van der Waals surface area contributed by atoms with Crippen molar-refractivity contribution in [3.63, 3.8) is 0 Å². The van der Waals surface area contributed by atoms with Crippen LogP contribution in [0.1, 0.15) is 12.7 Å². The van der Waals surface area contributed by atoms with Crippen LogP contribution in [0, 0.1) is 0 Å². The standard InChI is InChI=1S/C9H15N3/c1-3-5-10-8-9-11-6-7-12(9)4-2/h3,6-7,10H,1,4-5,8H2,2H3. The minimum Gasteiger partial charge on any atom is -0.334 e. The van der Waals surface area contributed by atoms with Crippen LogP contribution in [0.2, 0.25) is 0 Å². The fourth-order valence-corrected chi connectivity index (χ4v) is 1.08. The van der Waals surface area contributed by atoms with Crippen molar-refractivity contribution in [1.29, 1.82) is 0 Å². The van der Waals surface area contributed by atoms with Gasteiger partial charge in [0.25, 0.3) is 0 Å². The molecule has 1 aromatic rings. The predicted molar refractivity (Wildman–Crippen MR) is 49.8 cm³/mol. The van der Waals surface area contributed by atoms with Crippen molar-refractivity contribution in [2.45, 2.75) is 20.0 Å². The van der Waals surface area contributed by atoms with Gasteiger partial charge >= 0.3 is 0 Å². The summed E-state index contributed by atoms with van der Waals surface area (Å²) in [4.78, 5) is 4.22. The van der Waals surface area contributed by atoms with E-state index in [4.69, 9.17) is 0 Å². The van der Waals surface area contributed by atoms with Gasteiger partial charge in [0.1, 0.15) is 5.82 Å². The quantitative estimate of drug-likeness (QED) is 0.524. The average molecular weight is 165 g/mol. The van der Waals surface area contributed by atoms with Gasteiger partial charge in [-0.15, -0.1) is 6.58 Å². The first-order valence-electron chi connectivity index (χ1n) is 4.20. The lowest BCUT2D eigenvalue weighted by Crippen LogP contribution is -2.16. The van der Waals surface area contributed by atoms with Gasteiger partial charge in [0, 0.05) is 25.5 Å². The van der Waals surface area contributed by atoms with Crippen LogP contribution in [0.25, 0.3) is 0 Å². The molecule has 3 heteroatoms. The van der Waals surface area contributed by atoms with Crippen molar-refractivity contribution in [3.05, 3.63) is 30.9 Å². The van der Waals surface area contributed by atoms with E-state index in [1.165, 1.54) is 0 Å². The molecule has 0 spiro atoms. The highest BCUT2D eigenvalue weighted by atomic mass is 15.1. The Kier molecular flexibility index (Phi) is 3.54. The molecule has 66 valence electrons. The highest BCUT2D eigenvalue weighted by Gasteiger charge is 1.97. The van der Waals surface area contributed by atoms with Crippen LogP contribution in [0.5, 0.6) is 0 Å². The minimum absolute atomic E-state index is 0.812. The molecule has 0 fully saturated rings. The van der Waals surface area contributed by atoms with Crippen LogP contribution in [-0.2, 0) is 13.1 Å². The second kappa shape index (κ2) is 4.72. The largest absolute Gasteiger partial charge is 0.334 e. The van der Waals surface area contributed by atoms with Crippen molar-refractivity contribution >= 4 is 0 Å². The van der Waals surface area contributed by atoms with Gasteiger partial charge < -0.3 is 9.88 Å². The topological polar surface area (TPSA) is 29.9 Å². The van der Waals surface area contributed by atoms with E-state index >= 15 is 0 Å². The van der Waals surface area contributed by atoms with Gasteiger partial charge in [0.2, 0.25) is 0 Å². The van der Waals surface area contributed by atoms with E-state index in [0.717, 1.165) is 25.5 Å². The first kappa shape index (κ1) is 9.00. The normalized spacial score (nSPS) is 10.1. The second-order valence-electron chi connectivity index (χ2n) is 2.55. The molecule has 0 radical (unpaired) electrons. The second-order valence-corrected chi connectivity index (χ2v) is 2.55. The van der Waals surface area contributed by atoms with E-state index in [1.807, 2.05) is 18.5 Å². The van der Waals surface area contributed by atoms with Crippen LogP contribution in [0.4, 0.5) is 0 Å². The van der Waals surface area contributed by atoms with Crippen molar-refractivity contribution in [2.75, 3.05) is 6.54 Å². The number of aryl methyl sites for hydroxylation is 1. The van der Waals surface area contributed by atoms with E-state index in [1.54, 1.807) is 0 Å². The van der Waals surface area contributed by atoms with E-state index in [0.29, 0.717) is 0 Å². The fourth-order valence-electron chi connectivity index (χ4n) is 1.08. The molecule has 0 bridgehead atoms. The van der Waals surface area contributed by atoms with Crippen molar-refractivity contribution in [1.82, 2.24) is 14.9 Å². The van der Waals surface area contributed by atoms with Crippen LogP contribution in [0.3, 0.4) is 0 Å². The molecule has 0 amide bonds. The Morgan fingerprint density at radius 2 is 2.58 bits per heavy atom. The smallest absolute Gasteiger partial charge is 0.122 e. The van der Waals surface area contributed by atoms with Crippen LogP contribution < -0.4 is 5.32 Å². The third-order valence-electron chi connectivity index (χ3n) is 1.71. The first-order valence-corrected chi connectivity index (χ1v) is 4.20. The zero-order valence-corrected chi connectivity index (χ0v) is 7.45. The van der Waals surface area contributed by atoms with Gasteiger partial charge in [-0.25, -0.2) is 4.98 Å². The van der Waals surface area contributed by atoms with Crippen molar-refractivity contribution in [3.8, 4) is 0 Å². The molecule has 0 saturated heterocycles. The Hall–Kier alpha value is -1.09. The molecule has 1 N–H and O–H groups in total. The maximum absolute atomic E-state index is 4.22. The molecule has 0 aliphatic heterocycles. The lowest BCUT2D eigenvalue weighted by molar-refractivity contribution is 0.640. The molecule has 0 atom stereocenters. The Morgan fingerprint density at radius 3 is 3.25 bits per heavy atom. The van der Waals surface area contributed by atoms with Gasteiger partial charge in [0.15, 0.2) is 0 Å². The maximum Gasteiger partial charge on any atom is 0.122 e. The predicted octanol–water partition coefficient (Wildman–Crippen LogP) is 1.18. The third-order valence-corrected chi connectivity index (χ3v) is 1.71. The van der Waals surface area contributed by atoms with Gasteiger partial charge in [-0.1, -0.05) is 6.08 Å².